The molecule has 5 aromatic rings. The van der Waals surface area contributed by atoms with Gasteiger partial charge in [0.15, 0.2) is 13.9 Å². The Labute approximate surface area is 313 Å². The van der Waals surface area contributed by atoms with Gasteiger partial charge in [0, 0.05) is 34.0 Å². The summed E-state index contributed by atoms with van der Waals surface area (Å²) < 4.78 is 8.29. The van der Waals surface area contributed by atoms with E-state index in [1.165, 1.54) is 4.68 Å². The number of aliphatic hydroxyl groups excluding tert-OH is 1. The second-order valence-electron chi connectivity index (χ2n) is 15.1. The molecule has 0 aliphatic carbocycles. The van der Waals surface area contributed by atoms with Crippen molar-refractivity contribution < 1.29 is 24.2 Å². The highest BCUT2D eigenvalue weighted by Crippen LogP contribution is 2.60. The number of halogens is 1. The van der Waals surface area contributed by atoms with Gasteiger partial charge in [0.05, 0.1) is 54.7 Å². The maximum absolute atomic E-state index is 15.0. The van der Waals surface area contributed by atoms with E-state index >= 15 is 4.79 Å². The van der Waals surface area contributed by atoms with Gasteiger partial charge in [0.25, 0.3) is 11.5 Å². The molecule has 4 aromatic carbocycles. The number of hydrogen-bond donors (Lipinski definition) is 2. The molecule has 0 unspecified atom stereocenters. The number of nitrogens with zero attached hydrogens (tertiary/aromatic N) is 4. The van der Waals surface area contributed by atoms with Gasteiger partial charge in [-0.2, -0.15) is 9.78 Å². The van der Waals surface area contributed by atoms with E-state index in [2.05, 4.69) is 5.10 Å². The van der Waals surface area contributed by atoms with Crippen LogP contribution in [0.1, 0.15) is 35.6 Å². The van der Waals surface area contributed by atoms with E-state index in [1.807, 2.05) is 86.7 Å². The van der Waals surface area contributed by atoms with Crippen LogP contribution in [-0.4, -0.2) is 63.5 Å². The van der Waals surface area contributed by atoms with E-state index in [9.17, 15) is 19.5 Å². The number of ether oxygens (including phenoxy) is 1. The minimum absolute atomic E-state index is 0.0504. The van der Waals surface area contributed by atoms with Crippen molar-refractivity contribution in [1.29, 1.82) is 0 Å². The third kappa shape index (κ3) is 5.91. The molecule has 5 atom stereocenters. The van der Waals surface area contributed by atoms with Gasteiger partial charge in [-0.25, -0.2) is 0 Å². The summed E-state index contributed by atoms with van der Waals surface area (Å²) >= 11 is 6.61. The number of hydrogen-bond acceptors (Lipinski definition) is 7. The maximum Gasteiger partial charge on any atom is 0.279 e. The monoisotopic (exact) mass is 748 g/mol. The first-order valence-electron chi connectivity index (χ1n) is 18.0. The second kappa shape index (κ2) is 13.3. The second-order valence-corrected chi connectivity index (χ2v) is 19.5. The molecule has 1 aromatic heterocycles. The molecule has 10 nitrogen and oxygen atoms in total. The summed E-state index contributed by atoms with van der Waals surface area (Å²) in [4.78, 5) is 57.7. The topological polar surface area (TPSA) is 125 Å². The maximum atomic E-state index is 15.0. The summed E-state index contributed by atoms with van der Waals surface area (Å²) in [6, 6.07) is 27.5. The third-order valence-electron chi connectivity index (χ3n) is 11.4. The van der Waals surface area contributed by atoms with Crippen molar-refractivity contribution in [2.45, 2.75) is 69.2 Å². The molecular weight excluding hydrogens is 708 g/mol. The van der Waals surface area contributed by atoms with Crippen LogP contribution in [0.5, 0.6) is 0 Å². The van der Waals surface area contributed by atoms with Crippen LogP contribution in [0.4, 0.5) is 5.69 Å². The summed E-state index contributed by atoms with van der Waals surface area (Å²) in [5.74, 6) is -0.991. The van der Waals surface area contributed by atoms with Crippen LogP contribution in [0, 0.1) is 5.92 Å². The minimum atomic E-state index is -3.06. The molecule has 0 saturated carbocycles. The lowest BCUT2D eigenvalue weighted by Gasteiger charge is -2.37. The standard InChI is InChI=1S/C41H41ClN4O6Si/c1-25-38(53(2,3)51)36(20-37(48)44-23-29-12-5-4-10-27(29)18-32(44)24-47)52-41(25)34-19-30(42)15-16-35(34)45(40(41)50)22-26-9-8-13-31(17-26)46-39(49)33-14-7-6-11-28(33)21-43-46/h4-17,19,21,25,32,36,38,47,51H,18,20,22-24H2,1-3H3/t25-,32+,36+,38-,41+/m1/s1. The Hall–Kier alpha value is -4.65. The van der Waals surface area contributed by atoms with Crippen LogP contribution < -0.4 is 10.5 Å². The van der Waals surface area contributed by atoms with Crippen molar-refractivity contribution >= 4 is 48.2 Å². The SMILES string of the molecule is C[C@@H]1[C@@H]([Si](C)(C)O)[C@H](CC(=O)N2Cc3ccccc3C[C@H]2CO)O[C@@]12C(=O)N(Cc1cccc(-n3ncc4ccccc4c3=O)c1)c1ccc(Cl)cc12. The predicted octanol–water partition coefficient (Wildman–Crippen LogP) is 5.72. The molecule has 53 heavy (non-hydrogen) atoms. The normalized spacial score (nSPS) is 23.8. The van der Waals surface area contributed by atoms with Crippen LogP contribution >= 0.6 is 11.6 Å². The lowest BCUT2D eigenvalue weighted by atomic mass is 9.82. The summed E-state index contributed by atoms with van der Waals surface area (Å²) in [6.45, 7) is 5.93. The highest BCUT2D eigenvalue weighted by atomic mass is 35.5. The van der Waals surface area contributed by atoms with Crippen molar-refractivity contribution in [3.05, 3.63) is 135 Å². The first-order chi connectivity index (χ1) is 25.4. The Morgan fingerprint density at radius 3 is 2.53 bits per heavy atom. The van der Waals surface area contributed by atoms with Crippen molar-refractivity contribution in [2.24, 2.45) is 5.92 Å². The number of amides is 2. The van der Waals surface area contributed by atoms with Gasteiger partial charge in [0.2, 0.25) is 5.91 Å². The number of aliphatic hydroxyl groups is 1. The van der Waals surface area contributed by atoms with Gasteiger partial charge >= 0.3 is 0 Å². The lowest BCUT2D eigenvalue weighted by molar-refractivity contribution is -0.151. The molecule has 2 N–H and O–H groups in total. The van der Waals surface area contributed by atoms with Crippen LogP contribution in [0.3, 0.4) is 0 Å². The van der Waals surface area contributed by atoms with Gasteiger partial charge < -0.3 is 24.4 Å². The zero-order chi connectivity index (χ0) is 37.2. The molecular formula is C41H41ClN4O6Si. The molecule has 2 amide bonds. The largest absolute Gasteiger partial charge is 0.432 e. The smallest absolute Gasteiger partial charge is 0.279 e. The third-order valence-corrected chi connectivity index (χ3v) is 14.1. The van der Waals surface area contributed by atoms with Crippen molar-refractivity contribution in [3.63, 3.8) is 0 Å². The summed E-state index contributed by atoms with van der Waals surface area (Å²) in [7, 11) is -3.06. The van der Waals surface area contributed by atoms with Gasteiger partial charge in [-0.3, -0.25) is 14.4 Å². The average Bonchev–Trinajstić information content (AvgIpc) is 3.56. The van der Waals surface area contributed by atoms with E-state index in [1.54, 1.807) is 40.3 Å². The van der Waals surface area contributed by atoms with E-state index in [-0.39, 0.29) is 43.0 Å². The van der Waals surface area contributed by atoms with Crippen LogP contribution in [0.15, 0.2) is 102 Å². The predicted molar refractivity (Wildman–Crippen MR) is 205 cm³/mol. The van der Waals surface area contributed by atoms with Crippen molar-refractivity contribution in [1.82, 2.24) is 14.7 Å². The number of carbonyl (C=O) groups excluding carboxylic acids is 2. The summed E-state index contributed by atoms with van der Waals surface area (Å²) in [6.07, 6.45) is 1.39. The van der Waals surface area contributed by atoms with Gasteiger partial charge in [0.1, 0.15) is 0 Å². The Balaban J connectivity index is 1.13. The fourth-order valence-electron chi connectivity index (χ4n) is 8.98. The molecule has 4 heterocycles. The zero-order valence-electron chi connectivity index (χ0n) is 29.8. The Bertz CT molecular complexity index is 2330. The van der Waals surface area contributed by atoms with Crippen molar-refractivity contribution in [2.75, 3.05) is 11.5 Å². The molecule has 1 saturated heterocycles. The number of carbonyl (C=O) groups is 2. The highest BCUT2D eigenvalue weighted by Gasteiger charge is 2.66. The molecule has 1 fully saturated rings. The van der Waals surface area contributed by atoms with Crippen LogP contribution in [-0.2, 0) is 39.4 Å². The first kappa shape index (κ1) is 35.4. The molecule has 3 aliphatic rings. The van der Waals surface area contributed by atoms with E-state index < -0.39 is 31.5 Å². The zero-order valence-corrected chi connectivity index (χ0v) is 31.5. The molecule has 12 heteroatoms. The van der Waals surface area contributed by atoms with E-state index in [0.29, 0.717) is 40.3 Å². The van der Waals surface area contributed by atoms with Gasteiger partial charge in [-0.15, -0.1) is 0 Å². The summed E-state index contributed by atoms with van der Waals surface area (Å²) in [5.41, 5.74) is 2.49. The number of rotatable bonds is 7. The molecule has 0 radical (unpaired) electrons. The quantitative estimate of drug-likeness (QED) is 0.204. The first-order valence-corrected chi connectivity index (χ1v) is 21.4. The fourth-order valence-corrected chi connectivity index (χ4v) is 11.7. The highest BCUT2D eigenvalue weighted by molar-refractivity contribution is 6.71. The molecule has 3 aliphatic heterocycles. The number of aromatic nitrogens is 2. The van der Waals surface area contributed by atoms with Gasteiger partial charge in [-0.05, 0) is 72.6 Å². The van der Waals surface area contributed by atoms with Crippen molar-refractivity contribution in [3.8, 4) is 5.69 Å². The fraction of sp³-hybridized carbons (Fsp3) is 0.317. The van der Waals surface area contributed by atoms with Crippen LogP contribution in [0.25, 0.3) is 16.5 Å². The summed E-state index contributed by atoms with van der Waals surface area (Å²) in [5, 5.41) is 16.5. The number of fused-ring (bicyclic) bond motifs is 4. The van der Waals surface area contributed by atoms with Crippen LogP contribution in [0.2, 0.25) is 23.7 Å². The number of anilines is 1. The van der Waals surface area contributed by atoms with Gasteiger partial charge in [-0.1, -0.05) is 73.1 Å². The Morgan fingerprint density at radius 1 is 1.00 bits per heavy atom. The average molecular weight is 749 g/mol. The Morgan fingerprint density at radius 2 is 1.75 bits per heavy atom. The minimum Gasteiger partial charge on any atom is -0.432 e. The lowest BCUT2D eigenvalue weighted by Crippen LogP contribution is -2.48. The van der Waals surface area contributed by atoms with E-state index in [0.717, 1.165) is 22.1 Å². The molecule has 8 rings (SSSR count). The molecule has 272 valence electrons. The number of benzene rings is 4. The Kier molecular flexibility index (Phi) is 8.90. The molecule has 0 bridgehead atoms. The van der Waals surface area contributed by atoms with E-state index in [4.69, 9.17) is 16.3 Å². The molecule has 1 spiro atoms.